The van der Waals surface area contributed by atoms with Gasteiger partial charge >= 0.3 is 5.97 Å². The van der Waals surface area contributed by atoms with E-state index in [0.29, 0.717) is 5.69 Å². The lowest BCUT2D eigenvalue weighted by Crippen LogP contribution is -2.39. The number of nitriles is 1. The van der Waals surface area contributed by atoms with Gasteiger partial charge in [0.15, 0.2) is 0 Å². The normalized spacial score (nSPS) is 19.0. The molecule has 2 atom stereocenters. The Kier molecular flexibility index (Phi) is 7.05. The number of aryl methyl sites for hydroxylation is 2. The highest BCUT2D eigenvalue weighted by Crippen LogP contribution is 2.50. The van der Waals surface area contributed by atoms with Gasteiger partial charge < -0.3 is 15.8 Å². The molecule has 2 aliphatic heterocycles. The van der Waals surface area contributed by atoms with Crippen LogP contribution < -0.4 is 11.1 Å². The molecule has 2 amide bonds. The summed E-state index contributed by atoms with van der Waals surface area (Å²) < 4.78 is 34.8. The number of rotatable bonds is 5. The molecule has 2 aromatic carbocycles. The first kappa shape index (κ1) is 25.9. The number of carbonyl (C=O) groups excluding carboxylic acids is 3. The number of methoxy groups -OCH3 is 1. The van der Waals surface area contributed by atoms with Crippen LogP contribution in [0.15, 0.2) is 58.4 Å². The number of halogens is 2. The van der Waals surface area contributed by atoms with Crippen LogP contribution in [0.5, 0.6) is 0 Å². The summed E-state index contributed by atoms with van der Waals surface area (Å²) in [5.41, 5.74) is 7.16. The third-order valence-electron chi connectivity index (χ3n) is 6.14. The lowest BCUT2D eigenvalue weighted by molar-refractivity contribution is -0.142. The van der Waals surface area contributed by atoms with E-state index in [2.05, 4.69) is 10.1 Å². The van der Waals surface area contributed by atoms with Crippen LogP contribution in [-0.2, 0) is 19.1 Å². The van der Waals surface area contributed by atoms with Crippen molar-refractivity contribution in [2.45, 2.75) is 31.4 Å². The summed E-state index contributed by atoms with van der Waals surface area (Å²) in [6, 6.07) is 10.3. The summed E-state index contributed by atoms with van der Waals surface area (Å²) in [4.78, 5) is 39.9. The third-order valence-corrected chi connectivity index (χ3v) is 7.42. The fourth-order valence-corrected chi connectivity index (χ4v) is 5.69. The van der Waals surface area contributed by atoms with E-state index >= 15 is 8.78 Å². The molecule has 1 saturated heterocycles. The summed E-state index contributed by atoms with van der Waals surface area (Å²) in [7, 11) is 1.17. The minimum absolute atomic E-state index is 0.00896. The molecule has 0 spiro atoms. The molecule has 4 rings (SSSR count). The predicted octanol–water partition coefficient (Wildman–Crippen LogP) is 3.73. The zero-order valence-corrected chi connectivity index (χ0v) is 20.9. The Bertz CT molecular complexity index is 1430. The fraction of sp³-hybridized carbons (Fsp3) is 0.231. The highest BCUT2D eigenvalue weighted by Gasteiger charge is 2.49. The Labute approximate surface area is 215 Å². The van der Waals surface area contributed by atoms with E-state index in [0.717, 1.165) is 46.0 Å². The Hall–Kier alpha value is -4.17. The van der Waals surface area contributed by atoms with Crippen LogP contribution in [0.25, 0.3) is 0 Å². The van der Waals surface area contributed by atoms with Gasteiger partial charge in [-0.05, 0) is 37.6 Å². The highest BCUT2D eigenvalue weighted by molar-refractivity contribution is 8.04. The van der Waals surface area contributed by atoms with Crippen LogP contribution in [0.3, 0.4) is 0 Å². The largest absolute Gasteiger partial charge is 0.469 e. The molecule has 190 valence electrons. The number of hydrogen-bond donors (Lipinski definition) is 2. The molecule has 0 aliphatic carbocycles. The number of thioether (sulfide) groups is 1. The first-order valence-electron chi connectivity index (χ1n) is 11.1. The number of esters is 1. The monoisotopic (exact) mass is 524 g/mol. The number of amides is 2. The van der Waals surface area contributed by atoms with Crippen LogP contribution in [-0.4, -0.2) is 35.0 Å². The van der Waals surface area contributed by atoms with E-state index in [1.807, 2.05) is 19.1 Å². The second kappa shape index (κ2) is 10.1. The topological polar surface area (TPSA) is 126 Å². The Morgan fingerprint density at radius 3 is 2.49 bits per heavy atom. The van der Waals surface area contributed by atoms with E-state index in [-0.39, 0.29) is 28.4 Å². The van der Waals surface area contributed by atoms with E-state index in [1.165, 1.54) is 7.11 Å². The molecule has 8 nitrogen and oxygen atoms in total. The number of nitrogens with one attached hydrogen (secondary N) is 1. The molecule has 1 fully saturated rings. The van der Waals surface area contributed by atoms with Crippen LogP contribution >= 0.6 is 11.8 Å². The molecule has 0 radical (unpaired) electrons. The zero-order valence-electron chi connectivity index (χ0n) is 20.1. The maximum absolute atomic E-state index is 15.0. The molecular weight excluding hydrogens is 502 g/mol. The maximum Gasteiger partial charge on any atom is 0.307 e. The summed E-state index contributed by atoms with van der Waals surface area (Å²) in [5, 5.41) is 11.7. The average molecular weight is 525 g/mol. The number of ether oxygens (including phenoxy) is 1. The first-order valence-corrected chi connectivity index (χ1v) is 12.0. The van der Waals surface area contributed by atoms with Crippen LogP contribution in [0.2, 0.25) is 0 Å². The number of nitrogens with two attached hydrogens (primary N) is 1. The fourth-order valence-electron chi connectivity index (χ4n) is 4.36. The van der Waals surface area contributed by atoms with E-state index < -0.39 is 46.1 Å². The van der Waals surface area contributed by atoms with Crippen molar-refractivity contribution in [3.8, 4) is 6.07 Å². The van der Waals surface area contributed by atoms with Crippen molar-refractivity contribution < 1.29 is 27.9 Å². The third kappa shape index (κ3) is 4.56. The Balaban J connectivity index is 1.93. The standard InChI is InChI=1S/C26H22F2N4O4S/c1-12-7-8-17(13(2)9-12)31-24(34)22-20(21-15(27)5-4-6-16(21)28)14(11-29)23(30)32-25(35)18(37-26(22)32)10-19(33)36-3/h4-9,18,20H,10,30H2,1-3H3,(H,31,34)/t18-,20+/m1/s1. The number of nitrogens with zero attached hydrogens (tertiary/aromatic N) is 2. The smallest absolute Gasteiger partial charge is 0.307 e. The minimum Gasteiger partial charge on any atom is -0.469 e. The average Bonchev–Trinajstić information content (AvgIpc) is 3.16. The summed E-state index contributed by atoms with van der Waals surface area (Å²) >= 11 is 0.852. The van der Waals surface area contributed by atoms with Gasteiger partial charge in [0, 0.05) is 11.3 Å². The number of fused-ring (bicyclic) bond motifs is 1. The van der Waals surface area contributed by atoms with Crippen molar-refractivity contribution in [2.24, 2.45) is 5.73 Å². The van der Waals surface area contributed by atoms with Gasteiger partial charge in [0.2, 0.25) is 5.91 Å². The lowest BCUT2D eigenvalue weighted by atomic mass is 9.82. The number of hydrogen-bond acceptors (Lipinski definition) is 7. The predicted molar refractivity (Wildman–Crippen MR) is 132 cm³/mol. The summed E-state index contributed by atoms with van der Waals surface area (Å²) in [6.45, 7) is 3.66. The Morgan fingerprint density at radius 2 is 1.89 bits per heavy atom. The van der Waals surface area contributed by atoms with Gasteiger partial charge in [-0.2, -0.15) is 5.26 Å². The SMILES string of the molecule is COC(=O)C[C@H]1SC2=C(C(=O)Nc3ccc(C)cc3C)[C@H](c3c(F)cccc3F)C(C#N)=C(N)N2C1=O. The summed E-state index contributed by atoms with van der Waals surface area (Å²) in [6.07, 6.45) is -0.333. The molecule has 2 aliphatic rings. The number of carbonyl (C=O) groups is 3. The lowest BCUT2D eigenvalue weighted by Gasteiger charge is -2.32. The van der Waals surface area contributed by atoms with Gasteiger partial charge in [0.25, 0.3) is 5.91 Å². The van der Waals surface area contributed by atoms with Crippen molar-refractivity contribution in [1.82, 2.24) is 4.90 Å². The number of allylic oxidation sites excluding steroid dienone is 1. The zero-order chi connectivity index (χ0) is 27.0. The van der Waals surface area contributed by atoms with Crippen molar-refractivity contribution in [2.75, 3.05) is 12.4 Å². The molecule has 0 bridgehead atoms. The molecule has 2 heterocycles. The molecular formula is C26H22F2N4O4S. The summed E-state index contributed by atoms with van der Waals surface area (Å²) in [5.74, 6) is -5.99. The number of benzene rings is 2. The van der Waals surface area contributed by atoms with E-state index in [9.17, 15) is 19.6 Å². The molecule has 37 heavy (non-hydrogen) atoms. The van der Waals surface area contributed by atoms with Crippen LogP contribution in [0.1, 0.15) is 29.0 Å². The second-order valence-corrected chi connectivity index (χ2v) is 9.72. The van der Waals surface area contributed by atoms with Crippen LogP contribution in [0.4, 0.5) is 14.5 Å². The first-order chi connectivity index (χ1) is 17.6. The van der Waals surface area contributed by atoms with Crippen molar-refractivity contribution in [3.63, 3.8) is 0 Å². The van der Waals surface area contributed by atoms with Gasteiger partial charge in [-0.25, -0.2) is 8.78 Å². The van der Waals surface area contributed by atoms with Gasteiger partial charge in [-0.1, -0.05) is 35.5 Å². The van der Waals surface area contributed by atoms with Crippen LogP contribution in [0, 0.1) is 36.8 Å². The Morgan fingerprint density at radius 1 is 1.22 bits per heavy atom. The van der Waals surface area contributed by atoms with E-state index in [4.69, 9.17) is 5.73 Å². The second-order valence-electron chi connectivity index (χ2n) is 8.53. The highest BCUT2D eigenvalue weighted by atomic mass is 32.2. The van der Waals surface area contributed by atoms with Gasteiger partial charge in [-0.3, -0.25) is 19.3 Å². The number of anilines is 1. The van der Waals surface area contributed by atoms with Gasteiger partial charge in [-0.15, -0.1) is 0 Å². The quantitative estimate of drug-likeness (QED) is 0.571. The molecule has 2 aromatic rings. The molecule has 0 aromatic heterocycles. The molecule has 11 heteroatoms. The van der Waals surface area contributed by atoms with E-state index in [1.54, 1.807) is 19.1 Å². The van der Waals surface area contributed by atoms with Crippen molar-refractivity contribution >= 4 is 35.2 Å². The van der Waals surface area contributed by atoms with Gasteiger partial charge in [0.05, 0.1) is 41.7 Å². The van der Waals surface area contributed by atoms with Gasteiger partial charge in [0.1, 0.15) is 22.7 Å². The molecule has 0 saturated carbocycles. The van der Waals surface area contributed by atoms with Crippen molar-refractivity contribution in [1.29, 1.82) is 5.26 Å². The minimum atomic E-state index is -1.54. The maximum atomic E-state index is 15.0. The molecule has 3 N–H and O–H groups in total. The molecule has 0 unspecified atom stereocenters. The van der Waals surface area contributed by atoms with Crippen molar-refractivity contribution in [3.05, 3.63) is 86.7 Å².